The van der Waals surface area contributed by atoms with E-state index in [9.17, 15) is 0 Å². The summed E-state index contributed by atoms with van der Waals surface area (Å²) in [5.41, 5.74) is 0. The van der Waals surface area contributed by atoms with Gasteiger partial charge < -0.3 is 0 Å². The van der Waals surface area contributed by atoms with Gasteiger partial charge in [0.05, 0.1) is 0 Å². The van der Waals surface area contributed by atoms with Crippen LogP contribution in [0.1, 0.15) is 59.3 Å². The van der Waals surface area contributed by atoms with Crippen LogP contribution in [0, 0.1) is 0 Å². The summed E-state index contributed by atoms with van der Waals surface area (Å²) in [5.74, 6) is 0.722. The minimum Gasteiger partial charge on any atom is -0.127 e. The first-order valence-corrected chi connectivity index (χ1v) is 5.42. The van der Waals surface area contributed by atoms with Gasteiger partial charge in [0.1, 0.15) is 0 Å². The zero-order valence-electron chi connectivity index (χ0n) is 8.33. The van der Waals surface area contributed by atoms with Crippen LogP contribution in [0.4, 0.5) is 0 Å². The van der Waals surface area contributed by atoms with Crippen LogP contribution in [0.15, 0.2) is 0 Å². The van der Waals surface area contributed by atoms with Crippen molar-refractivity contribution in [2.75, 3.05) is 5.88 Å². The summed E-state index contributed by atoms with van der Waals surface area (Å²) in [4.78, 5) is 0. The fraction of sp³-hybridized carbons (Fsp3) is 1.00. The number of hydrogen-bond donors (Lipinski definition) is 0. The van der Waals surface area contributed by atoms with Gasteiger partial charge in [0.2, 0.25) is 0 Å². The molecule has 0 saturated heterocycles. The quantitative estimate of drug-likeness (QED) is 0.426. The summed E-state index contributed by atoms with van der Waals surface area (Å²) in [6, 6.07) is 0. The number of rotatable bonds is 5. The third-order valence-corrected chi connectivity index (χ3v) is 1.46. The van der Waals surface area contributed by atoms with E-state index in [0.29, 0.717) is 0 Å². The minimum absolute atomic E-state index is 0.722. The molecule has 1 heteroatoms. The van der Waals surface area contributed by atoms with Crippen molar-refractivity contribution >= 4 is 11.6 Å². The van der Waals surface area contributed by atoms with Crippen LogP contribution >= 0.6 is 11.6 Å². The Kier molecular flexibility index (Phi) is 21.0. The molecule has 0 bridgehead atoms. The SMILES string of the molecule is CCCCCCCC.CCCl. The lowest BCUT2D eigenvalue weighted by Crippen LogP contribution is -1.73. The van der Waals surface area contributed by atoms with Crippen LogP contribution in [-0.4, -0.2) is 5.88 Å². The van der Waals surface area contributed by atoms with Crippen molar-refractivity contribution in [3.05, 3.63) is 0 Å². The van der Waals surface area contributed by atoms with E-state index < -0.39 is 0 Å². The summed E-state index contributed by atoms with van der Waals surface area (Å²) in [7, 11) is 0. The highest BCUT2D eigenvalue weighted by Gasteiger charge is 1.83. The van der Waals surface area contributed by atoms with Gasteiger partial charge in [0.25, 0.3) is 0 Å². The second-order valence-electron chi connectivity index (χ2n) is 2.68. The molecule has 0 aliphatic carbocycles. The van der Waals surface area contributed by atoms with Crippen molar-refractivity contribution in [2.24, 2.45) is 0 Å². The smallest absolute Gasteiger partial charge is 0.0195 e. The van der Waals surface area contributed by atoms with E-state index in [2.05, 4.69) is 13.8 Å². The Labute approximate surface area is 77.3 Å². The maximum Gasteiger partial charge on any atom is 0.0195 e. The van der Waals surface area contributed by atoms with Crippen LogP contribution in [0.5, 0.6) is 0 Å². The van der Waals surface area contributed by atoms with Gasteiger partial charge in [0.15, 0.2) is 0 Å². The highest BCUT2D eigenvalue weighted by molar-refractivity contribution is 6.17. The van der Waals surface area contributed by atoms with Crippen LogP contribution < -0.4 is 0 Å². The van der Waals surface area contributed by atoms with E-state index in [-0.39, 0.29) is 0 Å². The average Bonchev–Trinajstić information content (AvgIpc) is 2.00. The molecule has 0 amide bonds. The molecule has 0 aromatic heterocycles. The van der Waals surface area contributed by atoms with Crippen LogP contribution in [0.2, 0.25) is 0 Å². The highest BCUT2D eigenvalue weighted by Crippen LogP contribution is 2.03. The van der Waals surface area contributed by atoms with Crippen LogP contribution in [0.25, 0.3) is 0 Å². The van der Waals surface area contributed by atoms with E-state index in [0.717, 1.165) is 5.88 Å². The summed E-state index contributed by atoms with van der Waals surface area (Å²) >= 11 is 5.00. The molecule has 0 aliphatic heterocycles. The molecule has 11 heavy (non-hydrogen) atoms. The molecular weight excluding hydrogens is 156 g/mol. The minimum atomic E-state index is 0.722. The molecule has 0 rings (SSSR count). The molecule has 0 unspecified atom stereocenters. The molecule has 0 heterocycles. The highest BCUT2D eigenvalue weighted by atomic mass is 35.5. The second kappa shape index (κ2) is 16.7. The van der Waals surface area contributed by atoms with Crippen LogP contribution in [0.3, 0.4) is 0 Å². The zero-order chi connectivity index (χ0) is 8.95. The van der Waals surface area contributed by atoms with Crippen molar-refractivity contribution in [3.63, 3.8) is 0 Å². The topological polar surface area (TPSA) is 0 Å². The van der Waals surface area contributed by atoms with E-state index >= 15 is 0 Å². The van der Waals surface area contributed by atoms with Crippen molar-refractivity contribution in [3.8, 4) is 0 Å². The van der Waals surface area contributed by atoms with Crippen molar-refractivity contribution < 1.29 is 0 Å². The monoisotopic (exact) mass is 178 g/mol. The molecule has 0 nitrogen and oxygen atoms in total. The molecule has 0 atom stereocenters. The summed E-state index contributed by atoms with van der Waals surface area (Å²) in [6.07, 6.45) is 8.49. The maximum absolute atomic E-state index is 5.00. The van der Waals surface area contributed by atoms with E-state index in [1.54, 1.807) is 0 Å². The fourth-order valence-electron chi connectivity index (χ4n) is 0.854. The Morgan fingerprint density at radius 1 is 0.727 bits per heavy atom. The van der Waals surface area contributed by atoms with Gasteiger partial charge in [-0.1, -0.05) is 59.3 Å². The number of halogens is 1. The molecule has 0 aliphatic rings. The average molecular weight is 179 g/mol. The van der Waals surface area contributed by atoms with Crippen LogP contribution in [-0.2, 0) is 0 Å². The van der Waals surface area contributed by atoms with Crippen molar-refractivity contribution in [1.29, 1.82) is 0 Å². The summed E-state index contributed by atoms with van der Waals surface area (Å²) in [5, 5.41) is 0. The van der Waals surface area contributed by atoms with Gasteiger partial charge in [-0.15, -0.1) is 11.6 Å². The van der Waals surface area contributed by atoms with Gasteiger partial charge >= 0.3 is 0 Å². The van der Waals surface area contributed by atoms with Crippen molar-refractivity contribution in [1.82, 2.24) is 0 Å². The molecular formula is C10H23Cl. The molecule has 0 saturated carbocycles. The third-order valence-electron chi connectivity index (χ3n) is 1.46. The Morgan fingerprint density at radius 2 is 1.00 bits per heavy atom. The first kappa shape index (κ1) is 13.9. The molecule has 70 valence electrons. The maximum atomic E-state index is 5.00. The zero-order valence-corrected chi connectivity index (χ0v) is 9.08. The summed E-state index contributed by atoms with van der Waals surface area (Å²) in [6.45, 7) is 6.40. The number of unbranched alkanes of at least 4 members (excludes halogenated alkanes) is 5. The lowest BCUT2D eigenvalue weighted by atomic mass is 10.1. The molecule has 0 spiro atoms. The van der Waals surface area contributed by atoms with Gasteiger partial charge in [-0.2, -0.15) is 0 Å². The van der Waals surface area contributed by atoms with Crippen molar-refractivity contribution in [2.45, 2.75) is 59.3 Å². The number of alkyl halides is 1. The predicted octanol–water partition coefficient (Wildman–Crippen LogP) is 4.61. The Balaban J connectivity index is 0. The van der Waals surface area contributed by atoms with Gasteiger partial charge in [-0.3, -0.25) is 0 Å². The lowest BCUT2D eigenvalue weighted by Gasteiger charge is -1.93. The van der Waals surface area contributed by atoms with Gasteiger partial charge in [0, 0.05) is 5.88 Å². The van der Waals surface area contributed by atoms with Gasteiger partial charge in [-0.05, 0) is 0 Å². The van der Waals surface area contributed by atoms with E-state index in [1.165, 1.54) is 38.5 Å². The third kappa shape index (κ3) is 25.3. The van der Waals surface area contributed by atoms with Gasteiger partial charge in [-0.25, -0.2) is 0 Å². The normalized spacial score (nSPS) is 8.73. The Hall–Kier alpha value is 0.290. The number of hydrogen-bond acceptors (Lipinski definition) is 0. The predicted molar refractivity (Wildman–Crippen MR) is 55.4 cm³/mol. The van der Waals surface area contributed by atoms with E-state index in [4.69, 9.17) is 11.6 Å². The molecule has 0 N–H and O–H groups in total. The molecule has 0 fully saturated rings. The first-order valence-electron chi connectivity index (χ1n) is 4.89. The fourth-order valence-corrected chi connectivity index (χ4v) is 0.854. The standard InChI is InChI=1S/C8H18.C2H5Cl/c1-3-5-7-8-6-4-2;1-2-3/h3-8H2,1-2H3;2H2,1H3. The first-order chi connectivity index (χ1) is 5.33. The lowest BCUT2D eigenvalue weighted by molar-refractivity contribution is 0.624. The Morgan fingerprint density at radius 3 is 1.18 bits per heavy atom. The Bertz CT molecular complexity index is 38.1. The summed E-state index contributed by atoms with van der Waals surface area (Å²) < 4.78 is 0. The largest absolute Gasteiger partial charge is 0.127 e. The molecule has 0 radical (unpaired) electrons. The van der Waals surface area contributed by atoms with E-state index in [1.807, 2.05) is 6.92 Å². The molecule has 0 aromatic carbocycles. The second-order valence-corrected chi connectivity index (χ2v) is 3.22. The molecule has 0 aromatic rings.